The summed E-state index contributed by atoms with van der Waals surface area (Å²) in [4.78, 5) is 13.9. The van der Waals surface area contributed by atoms with Gasteiger partial charge in [-0.2, -0.15) is 0 Å². The number of carbonyl (C=O) groups excluding carboxylic acids is 1. The Morgan fingerprint density at radius 1 is 1.47 bits per heavy atom. The van der Waals surface area contributed by atoms with Gasteiger partial charge in [0, 0.05) is 38.2 Å². The van der Waals surface area contributed by atoms with Crippen LogP contribution in [0, 0.1) is 5.92 Å². The predicted molar refractivity (Wildman–Crippen MR) is 64.7 cm³/mol. The third kappa shape index (κ3) is 2.08. The lowest BCUT2D eigenvalue weighted by atomic mass is 10.0. The lowest BCUT2D eigenvalue weighted by Crippen LogP contribution is -2.42. The highest BCUT2D eigenvalue weighted by Crippen LogP contribution is 2.29. The topological polar surface area (TPSA) is 41.6 Å². The van der Waals surface area contributed by atoms with Crippen molar-refractivity contribution in [3.05, 3.63) is 0 Å². The van der Waals surface area contributed by atoms with Gasteiger partial charge in [-0.1, -0.05) is 0 Å². The van der Waals surface area contributed by atoms with Crippen LogP contribution in [-0.4, -0.2) is 48.7 Å². The molecular weight excluding hydrogens is 216 g/mol. The zero-order chi connectivity index (χ0) is 11.8. The summed E-state index contributed by atoms with van der Waals surface area (Å²) in [6.45, 7) is 5.03. The average molecular weight is 238 g/mol. The summed E-state index contributed by atoms with van der Waals surface area (Å²) in [5, 5.41) is 3.61. The van der Waals surface area contributed by atoms with Crippen molar-refractivity contribution >= 4 is 5.91 Å². The summed E-state index contributed by atoms with van der Waals surface area (Å²) in [5.41, 5.74) is 0. The summed E-state index contributed by atoms with van der Waals surface area (Å²) in [6, 6.07) is 0.859. The van der Waals surface area contributed by atoms with Crippen molar-refractivity contribution in [2.45, 2.75) is 50.8 Å². The van der Waals surface area contributed by atoms with Gasteiger partial charge < -0.3 is 15.0 Å². The van der Waals surface area contributed by atoms with Crippen molar-refractivity contribution < 1.29 is 9.53 Å². The lowest BCUT2D eigenvalue weighted by molar-refractivity contribution is -0.127. The molecule has 3 heterocycles. The van der Waals surface area contributed by atoms with E-state index in [1.54, 1.807) is 0 Å². The minimum Gasteiger partial charge on any atom is -0.378 e. The third-order valence-corrected chi connectivity index (χ3v) is 4.65. The fourth-order valence-electron chi connectivity index (χ4n) is 3.52. The number of rotatable bonds is 3. The Labute approximate surface area is 103 Å². The van der Waals surface area contributed by atoms with E-state index in [1.807, 2.05) is 0 Å². The van der Waals surface area contributed by atoms with Gasteiger partial charge in [0.15, 0.2) is 0 Å². The maximum absolute atomic E-state index is 11.8. The van der Waals surface area contributed by atoms with Crippen LogP contribution in [0.2, 0.25) is 0 Å². The van der Waals surface area contributed by atoms with Gasteiger partial charge >= 0.3 is 0 Å². The Morgan fingerprint density at radius 2 is 2.35 bits per heavy atom. The van der Waals surface area contributed by atoms with E-state index in [2.05, 4.69) is 17.1 Å². The van der Waals surface area contributed by atoms with Gasteiger partial charge in [-0.05, 0) is 32.1 Å². The Morgan fingerprint density at radius 3 is 3.12 bits per heavy atom. The molecule has 17 heavy (non-hydrogen) atoms. The number of ether oxygens (including phenoxy) is 1. The minimum atomic E-state index is 0.348. The largest absolute Gasteiger partial charge is 0.378 e. The van der Waals surface area contributed by atoms with Crippen molar-refractivity contribution in [3.63, 3.8) is 0 Å². The second-order valence-electron chi connectivity index (χ2n) is 5.64. The molecule has 1 amide bonds. The molecule has 3 saturated heterocycles. The molecular formula is C13H22N2O2. The van der Waals surface area contributed by atoms with E-state index in [-0.39, 0.29) is 0 Å². The molecule has 4 unspecified atom stereocenters. The van der Waals surface area contributed by atoms with Crippen molar-refractivity contribution in [2.24, 2.45) is 5.92 Å². The van der Waals surface area contributed by atoms with Crippen LogP contribution in [0.1, 0.15) is 32.6 Å². The molecule has 4 heteroatoms. The maximum atomic E-state index is 11.8. The highest BCUT2D eigenvalue weighted by Gasteiger charge is 2.42. The average Bonchev–Trinajstić information content (AvgIpc) is 2.96. The fourth-order valence-corrected chi connectivity index (χ4v) is 3.52. The van der Waals surface area contributed by atoms with Gasteiger partial charge in [-0.3, -0.25) is 4.79 Å². The predicted octanol–water partition coefficient (Wildman–Crippen LogP) is 0.764. The molecule has 0 aliphatic carbocycles. The molecule has 3 aliphatic rings. The van der Waals surface area contributed by atoms with E-state index in [0.29, 0.717) is 36.4 Å². The molecule has 0 radical (unpaired) electrons. The fraction of sp³-hybridized carbons (Fsp3) is 0.923. The van der Waals surface area contributed by atoms with Crippen LogP contribution in [0.4, 0.5) is 0 Å². The number of nitrogens with zero attached hydrogens (tertiary/aromatic N) is 1. The van der Waals surface area contributed by atoms with E-state index in [0.717, 1.165) is 26.1 Å². The molecule has 0 aromatic rings. The van der Waals surface area contributed by atoms with Crippen LogP contribution >= 0.6 is 0 Å². The first-order chi connectivity index (χ1) is 8.25. The highest BCUT2D eigenvalue weighted by molar-refractivity contribution is 5.80. The van der Waals surface area contributed by atoms with Crippen LogP contribution in [0.5, 0.6) is 0 Å². The van der Waals surface area contributed by atoms with Gasteiger partial charge in [-0.25, -0.2) is 0 Å². The van der Waals surface area contributed by atoms with Crippen molar-refractivity contribution in [2.75, 3.05) is 19.7 Å². The van der Waals surface area contributed by atoms with E-state index < -0.39 is 0 Å². The minimum absolute atomic E-state index is 0.348. The first-order valence-electron chi connectivity index (χ1n) is 6.90. The standard InChI is InChI=1S/C13H22N2O2/c1-9-10(4-6-17-9)8-14-11-7-13(16)15-5-2-3-12(11)15/h9-12,14H,2-8H2,1H3. The first-order valence-corrected chi connectivity index (χ1v) is 6.90. The summed E-state index contributed by atoms with van der Waals surface area (Å²) < 4.78 is 5.57. The molecule has 0 spiro atoms. The van der Waals surface area contributed by atoms with E-state index >= 15 is 0 Å². The summed E-state index contributed by atoms with van der Waals surface area (Å²) >= 11 is 0. The summed E-state index contributed by atoms with van der Waals surface area (Å²) in [7, 11) is 0. The number of hydrogen-bond acceptors (Lipinski definition) is 3. The highest BCUT2D eigenvalue weighted by atomic mass is 16.5. The van der Waals surface area contributed by atoms with E-state index in [9.17, 15) is 4.79 Å². The molecule has 4 nitrogen and oxygen atoms in total. The Hall–Kier alpha value is -0.610. The van der Waals surface area contributed by atoms with Gasteiger partial charge in [0.2, 0.25) is 5.91 Å². The smallest absolute Gasteiger partial charge is 0.224 e. The summed E-state index contributed by atoms with van der Waals surface area (Å²) in [6.07, 6.45) is 4.59. The van der Waals surface area contributed by atoms with Gasteiger partial charge in [-0.15, -0.1) is 0 Å². The molecule has 96 valence electrons. The number of hydrogen-bond donors (Lipinski definition) is 1. The van der Waals surface area contributed by atoms with Crippen molar-refractivity contribution in [1.82, 2.24) is 10.2 Å². The van der Waals surface area contributed by atoms with Gasteiger partial charge in [0.05, 0.1) is 6.10 Å². The monoisotopic (exact) mass is 238 g/mol. The molecule has 3 rings (SSSR count). The van der Waals surface area contributed by atoms with Gasteiger partial charge in [0.25, 0.3) is 0 Å². The SMILES string of the molecule is CC1OCCC1CNC1CC(=O)N2CCCC12. The van der Waals surface area contributed by atoms with E-state index in [4.69, 9.17) is 4.74 Å². The van der Waals surface area contributed by atoms with Crippen LogP contribution in [0.25, 0.3) is 0 Å². The van der Waals surface area contributed by atoms with Crippen LogP contribution in [0.15, 0.2) is 0 Å². The van der Waals surface area contributed by atoms with E-state index in [1.165, 1.54) is 12.8 Å². The number of amides is 1. The molecule has 0 aromatic heterocycles. The van der Waals surface area contributed by atoms with Crippen LogP contribution in [0.3, 0.4) is 0 Å². The number of carbonyl (C=O) groups is 1. The Balaban J connectivity index is 1.53. The molecule has 3 aliphatic heterocycles. The zero-order valence-electron chi connectivity index (χ0n) is 10.5. The van der Waals surface area contributed by atoms with Crippen molar-refractivity contribution in [3.8, 4) is 0 Å². The normalized spacial score (nSPS) is 41.2. The molecule has 1 N–H and O–H groups in total. The van der Waals surface area contributed by atoms with Crippen LogP contribution in [-0.2, 0) is 9.53 Å². The molecule has 3 fully saturated rings. The van der Waals surface area contributed by atoms with Crippen LogP contribution < -0.4 is 5.32 Å². The Bertz CT molecular complexity index is 308. The molecule has 0 saturated carbocycles. The van der Waals surface area contributed by atoms with Crippen molar-refractivity contribution in [1.29, 1.82) is 0 Å². The Kier molecular flexibility index (Phi) is 3.09. The first kappa shape index (κ1) is 11.5. The second-order valence-corrected chi connectivity index (χ2v) is 5.64. The summed E-state index contributed by atoms with van der Waals surface area (Å²) in [5.74, 6) is 0.973. The van der Waals surface area contributed by atoms with Gasteiger partial charge in [0.1, 0.15) is 0 Å². The second kappa shape index (κ2) is 4.58. The number of fused-ring (bicyclic) bond motifs is 1. The lowest BCUT2D eigenvalue weighted by Gasteiger charge is -2.23. The third-order valence-electron chi connectivity index (χ3n) is 4.65. The molecule has 4 atom stereocenters. The number of nitrogens with one attached hydrogen (secondary N) is 1. The molecule has 0 aromatic carbocycles. The maximum Gasteiger partial charge on any atom is 0.224 e. The molecule has 0 bridgehead atoms. The zero-order valence-corrected chi connectivity index (χ0v) is 10.5. The quantitative estimate of drug-likeness (QED) is 0.789.